The summed E-state index contributed by atoms with van der Waals surface area (Å²) in [4.78, 5) is 26.8. The molecule has 1 aliphatic rings. The molecule has 0 saturated carbocycles. The van der Waals surface area contributed by atoms with E-state index in [-0.39, 0.29) is 29.9 Å². The van der Waals surface area contributed by atoms with Gasteiger partial charge in [-0.05, 0) is 59.8 Å². The van der Waals surface area contributed by atoms with Crippen LogP contribution >= 0.6 is 24.0 Å². The fraction of sp³-hybridized carbons (Fsp3) is 0.150. The standard InChI is InChI=1S/C20H17FN2O3S2/c1-26-16-8-6-15(7-9-16)22-18(24)10-11-23-19(27)17(28-20(23)25)12-13-2-4-14(21)5-3-13/h2-9,12H,10-11H2,1H3,(H,22,24)/b17-12-. The third kappa shape index (κ3) is 4.96. The molecule has 5 nitrogen and oxygen atoms in total. The molecule has 2 aromatic carbocycles. The number of methoxy groups -OCH3 is 1. The van der Waals surface area contributed by atoms with Gasteiger partial charge in [-0.25, -0.2) is 4.39 Å². The van der Waals surface area contributed by atoms with Crippen LogP contribution in [-0.2, 0) is 4.79 Å². The zero-order chi connectivity index (χ0) is 20.1. The number of hydrogen-bond acceptors (Lipinski definition) is 5. The van der Waals surface area contributed by atoms with Crippen LogP contribution in [0.4, 0.5) is 14.9 Å². The number of rotatable bonds is 6. The average Bonchev–Trinajstić information content (AvgIpc) is 2.95. The first-order chi connectivity index (χ1) is 13.5. The quantitative estimate of drug-likeness (QED) is 0.546. The summed E-state index contributed by atoms with van der Waals surface area (Å²) in [5, 5.41) is 2.54. The topological polar surface area (TPSA) is 58.6 Å². The molecule has 1 aliphatic heterocycles. The predicted molar refractivity (Wildman–Crippen MR) is 113 cm³/mol. The van der Waals surface area contributed by atoms with Crippen LogP contribution in [0.25, 0.3) is 6.08 Å². The molecule has 0 atom stereocenters. The van der Waals surface area contributed by atoms with E-state index in [9.17, 15) is 14.0 Å². The molecule has 0 bridgehead atoms. The summed E-state index contributed by atoms with van der Waals surface area (Å²) in [5.41, 5.74) is 1.39. The molecule has 0 unspecified atom stereocenters. The van der Waals surface area contributed by atoms with E-state index in [4.69, 9.17) is 17.0 Å². The van der Waals surface area contributed by atoms with Crippen LogP contribution in [0.1, 0.15) is 12.0 Å². The van der Waals surface area contributed by atoms with Gasteiger partial charge < -0.3 is 10.1 Å². The fourth-order valence-electron chi connectivity index (χ4n) is 2.51. The van der Waals surface area contributed by atoms with Crippen LogP contribution in [0.3, 0.4) is 0 Å². The third-order valence-corrected chi connectivity index (χ3v) is 5.47. The minimum Gasteiger partial charge on any atom is -0.497 e. The smallest absolute Gasteiger partial charge is 0.291 e. The van der Waals surface area contributed by atoms with Gasteiger partial charge in [-0.15, -0.1) is 0 Å². The number of hydrogen-bond donors (Lipinski definition) is 1. The zero-order valence-electron chi connectivity index (χ0n) is 15.0. The molecule has 0 aromatic heterocycles. The Kier molecular flexibility index (Phi) is 6.43. The lowest BCUT2D eigenvalue weighted by Gasteiger charge is -2.14. The maximum absolute atomic E-state index is 13.0. The molecule has 2 amide bonds. The Morgan fingerprint density at radius 3 is 2.54 bits per heavy atom. The van der Waals surface area contributed by atoms with Crippen molar-refractivity contribution in [2.24, 2.45) is 0 Å². The van der Waals surface area contributed by atoms with Crippen molar-refractivity contribution < 1.29 is 18.7 Å². The van der Waals surface area contributed by atoms with Gasteiger partial charge in [-0.1, -0.05) is 24.4 Å². The van der Waals surface area contributed by atoms with Crippen molar-refractivity contribution in [3.05, 3.63) is 64.8 Å². The highest BCUT2D eigenvalue weighted by atomic mass is 32.2. The van der Waals surface area contributed by atoms with Crippen molar-refractivity contribution in [1.29, 1.82) is 0 Å². The minimum absolute atomic E-state index is 0.113. The molecule has 3 rings (SSSR count). The number of ether oxygens (including phenoxy) is 1. The number of halogens is 1. The van der Waals surface area contributed by atoms with Crippen LogP contribution in [0.2, 0.25) is 0 Å². The van der Waals surface area contributed by atoms with Crippen molar-refractivity contribution in [3.63, 3.8) is 0 Å². The number of nitrogens with one attached hydrogen (secondary N) is 1. The van der Waals surface area contributed by atoms with Crippen LogP contribution in [-0.4, -0.2) is 34.7 Å². The number of carbonyl (C=O) groups is 2. The van der Waals surface area contributed by atoms with E-state index in [1.165, 1.54) is 17.0 Å². The number of thiocarbonyl (C=S) groups is 1. The van der Waals surface area contributed by atoms with Crippen LogP contribution in [0.5, 0.6) is 5.75 Å². The summed E-state index contributed by atoms with van der Waals surface area (Å²) >= 11 is 6.38. The largest absolute Gasteiger partial charge is 0.497 e. The van der Waals surface area contributed by atoms with Crippen molar-refractivity contribution in [3.8, 4) is 5.75 Å². The second kappa shape index (κ2) is 8.99. The van der Waals surface area contributed by atoms with Gasteiger partial charge in [-0.2, -0.15) is 0 Å². The Balaban J connectivity index is 1.57. The van der Waals surface area contributed by atoms with Gasteiger partial charge in [0.25, 0.3) is 5.24 Å². The minimum atomic E-state index is -0.329. The lowest BCUT2D eigenvalue weighted by molar-refractivity contribution is -0.116. The summed E-state index contributed by atoms with van der Waals surface area (Å²) in [6.07, 6.45) is 1.85. The lowest BCUT2D eigenvalue weighted by atomic mass is 10.2. The Labute approximate surface area is 171 Å². The Morgan fingerprint density at radius 1 is 1.21 bits per heavy atom. The molecule has 2 aromatic rings. The van der Waals surface area contributed by atoms with Gasteiger partial charge in [0, 0.05) is 18.7 Å². The van der Waals surface area contributed by atoms with Gasteiger partial charge in [0.15, 0.2) is 0 Å². The molecule has 0 aliphatic carbocycles. The number of thioether (sulfide) groups is 1. The van der Waals surface area contributed by atoms with E-state index in [1.54, 1.807) is 49.6 Å². The first kappa shape index (κ1) is 20.0. The van der Waals surface area contributed by atoms with E-state index in [1.807, 2.05) is 0 Å². The van der Waals surface area contributed by atoms with Crippen LogP contribution in [0.15, 0.2) is 53.4 Å². The number of carbonyl (C=O) groups excluding carboxylic acids is 2. The summed E-state index contributed by atoms with van der Waals surface area (Å²) in [6.45, 7) is 0.188. The molecule has 28 heavy (non-hydrogen) atoms. The third-order valence-electron chi connectivity index (χ3n) is 3.98. The predicted octanol–water partition coefficient (Wildman–Crippen LogP) is 4.70. The summed E-state index contributed by atoms with van der Waals surface area (Å²) in [6, 6.07) is 12.9. The average molecular weight is 416 g/mol. The highest BCUT2D eigenvalue weighted by Crippen LogP contribution is 2.33. The second-order valence-electron chi connectivity index (χ2n) is 5.91. The van der Waals surface area contributed by atoms with Gasteiger partial charge in [0.05, 0.1) is 12.0 Å². The molecule has 1 N–H and O–H groups in total. The summed E-state index contributed by atoms with van der Waals surface area (Å²) < 4.78 is 18.1. The number of anilines is 1. The van der Waals surface area contributed by atoms with Crippen molar-refractivity contribution in [2.45, 2.75) is 6.42 Å². The maximum Gasteiger partial charge on any atom is 0.291 e. The van der Waals surface area contributed by atoms with Gasteiger partial charge in [-0.3, -0.25) is 14.5 Å². The molecular formula is C20H17FN2O3S2. The Hall–Kier alpha value is -2.71. The first-order valence-corrected chi connectivity index (χ1v) is 9.63. The van der Waals surface area contributed by atoms with E-state index in [0.717, 1.165) is 17.3 Å². The molecular weight excluding hydrogens is 399 g/mol. The van der Waals surface area contributed by atoms with Crippen LogP contribution in [0, 0.1) is 5.82 Å². The molecule has 1 heterocycles. The molecule has 0 spiro atoms. The lowest BCUT2D eigenvalue weighted by Crippen LogP contribution is -2.30. The van der Waals surface area contributed by atoms with Gasteiger partial charge in [0.2, 0.25) is 5.91 Å². The van der Waals surface area contributed by atoms with Gasteiger partial charge >= 0.3 is 0 Å². The maximum atomic E-state index is 13.0. The number of benzene rings is 2. The Morgan fingerprint density at radius 2 is 1.89 bits per heavy atom. The summed E-state index contributed by atoms with van der Waals surface area (Å²) in [7, 11) is 1.57. The molecule has 8 heteroatoms. The highest BCUT2D eigenvalue weighted by Gasteiger charge is 2.31. The molecule has 1 fully saturated rings. The monoisotopic (exact) mass is 416 g/mol. The number of amides is 2. The SMILES string of the molecule is COc1ccc(NC(=O)CCN2C(=O)S/C(=C\c3ccc(F)cc3)C2=S)cc1. The molecule has 0 radical (unpaired) electrons. The zero-order valence-corrected chi connectivity index (χ0v) is 16.6. The molecule has 144 valence electrons. The van der Waals surface area contributed by atoms with Gasteiger partial charge in [0.1, 0.15) is 16.6 Å². The van der Waals surface area contributed by atoms with Crippen molar-refractivity contribution >= 4 is 51.9 Å². The van der Waals surface area contributed by atoms with E-state index < -0.39 is 0 Å². The van der Waals surface area contributed by atoms with Crippen molar-refractivity contribution in [2.75, 3.05) is 19.0 Å². The highest BCUT2D eigenvalue weighted by molar-refractivity contribution is 8.19. The normalized spacial score (nSPS) is 15.2. The molecule has 1 saturated heterocycles. The second-order valence-corrected chi connectivity index (χ2v) is 7.29. The first-order valence-electron chi connectivity index (χ1n) is 8.41. The van der Waals surface area contributed by atoms with E-state index in [2.05, 4.69) is 5.32 Å². The van der Waals surface area contributed by atoms with Crippen molar-refractivity contribution in [1.82, 2.24) is 4.90 Å². The fourth-order valence-corrected chi connectivity index (χ4v) is 3.80. The number of nitrogens with zero attached hydrogens (tertiary/aromatic N) is 1. The van der Waals surface area contributed by atoms with Crippen LogP contribution < -0.4 is 10.1 Å². The summed E-state index contributed by atoms with van der Waals surface area (Å²) in [5.74, 6) is 0.148. The Bertz CT molecular complexity index is 927. The van der Waals surface area contributed by atoms with E-state index >= 15 is 0 Å². The van der Waals surface area contributed by atoms with E-state index in [0.29, 0.717) is 21.3 Å².